The predicted molar refractivity (Wildman–Crippen MR) is 70.5 cm³/mol. The number of rotatable bonds is 4. The highest BCUT2D eigenvalue weighted by atomic mass is 32.1. The van der Waals surface area contributed by atoms with Crippen molar-refractivity contribution in [2.45, 2.75) is 19.4 Å². The van der Waals surface area contributed by atoms with Gasteiger partial charge in [-0.2, -0.15) is 0 Å². The fraction of sp³-hybridized carbons (Fsp3) is 0.308. The van der Waals surface area contributed by atoms with Gasteiger partial charge >= 0.3 is 0 Å². The van der Waals surface area contributed by atoms with Crippen LogP contribution in [0.2, 0.25) is 0 Å². The van der Waals surface area contributed by atoms with Gasteiger partial charge in [-0.1, -0.05) is 6.92 Å². The van der Waals surface area contributed by atoms with Crippen LogP contribution in [0.15, 0.2) is 29.9 Å². The third kappa shape index (κ3) is 2.48. The van der Waals surface area contributed by atoms with Crippen molar-refractivity contribution in [1.82, 2.24) is 4.98 Å². The van der Waals surface area contributed by atoms with Crippen LogP contribution in [0.3, 0.4) is 0 Å². The lowest BCUT2D eigenvalue weighted by atomic mass is 10.0. The van der Waals surface area contributed by atoms with Gasteiger partial charge in [0.25, 0.3) is 0 Å². The van der Waals surface area contributed by atoms with Gasteiger partial charge in [0.2, 0.25) is 0 Å². The highest BCUT2D eigenvalue weighted by Gasteiger charge is 2.14. The monoisotopic (exact) mass is 248 g/mol. The number of aromatic nitrogens is 1. The van der Waals surface area contributed by atoms with Gasteiger partial charge in [-0.25, -0.2) is 0 Å². The smallest absolute Gasteiger partial charge is 0.137 e. The van der Waals surface area contributed by atoms with E-state index in [9.17, 15) is 0 Å². The van der Waals surface area contributed by atoms with E-state index in [2.05, 4.69) is 23.4 Å². The molecule has 0 saturated heterocycles. The molecule has 90 valence electrons. The minimum atomic E-state index is -0.118. The molecular formula is C13H16N2OS. The Labute approximate surface area is 105 Å². The van der Waals surface area contributed by atoms with Crippen molar-refractivity contribution in [2.75, 3.05) is 7.11 Å². The number of aryl methyl sites for hydroxylation is 1. The van der Waals surface area contributed by atoms with Crippen LogP contribution in [0.1, 0.15) is 29.0 Å². The Balaban J connectivity index is 2.33. The second kappa shape index (κ2) is 5.29. The van der Waals surface area contributed by atoms with Crippen LogP contribution < -0.4 is 10.5 Å². The summed E-state index contributed by atoms with van der Waals surface area (Å²) in [6.07, 6.45) is 4.49. The molecule has 0 aromatic carbocycles. The predicted octanol–water partition coefficient (Wildman–Crippen LogP) is 2.76. The highest BCUT2D eigenvalue weighted by Crippen LogP contribution is 2.29. The van der Waals surface area contributed by atoms with Gasteiger partial charge in [-0.3, -0.25) is 4.98 Å². The number of thiophene rings is 1. The number of ether oxygens (including phenoxy) is 1. The van der Waals surface area contributed by atoms with Gasteiger partial charge in [0, 0.05) is 11.1 Å². The molecular weight excluding hydrogens is 232 g/mol. The Morgan fingerprint density at radius 3 is 3.00 bits per heavy atom. The van der Waals surface area contributed by atoms with Crippen LogP contribution in [-0.2, 0) is 6.42 Å². The van der Waals surface area contributed by atoms with Gasteiger partial charge in [-0.05, 0) is 35.1 Å². The Bertz CT molecular complexity index is 496. The van der Waals surface area contributed by atoms with Gasteiger partial charge in [-0.15, -0.1) is 11.3 Å². The van der Waals surface area contributed by atoms with E-state index in [4.69, 9.17) is 10.5 Å². The quantitative estimate of drug-likeness (QED) is 0.905. The van der Waals surface area contributed by atoms with E-state index in [-0.39, 0.29) is 6.04 Å². The number of pyridine rings is 1. The zero-order chi connectivity index (χ0) is 12.3. The molecule has 4 heteroatoms. The number of methoxy groups -OCH3 is 1. The maximum atomic E-state index is 6.28. The van der Waals surface area contributed by atoms with Crippen molar-refractivity contribution in [3.63, 3.8) is 0 Å². The Morgan fingerprint density at radius 1 is 1.47 bits per heavy atom. The average molecular weight is 248 g/mol. The minimum absolute atomic E-state index is 0.118. The lowest BCUT2D eigenvalue weighted by Gasteiger charge is -2.12. The molecule has 2 aromatic heterocycles. The molecule has 0 bridgehead atoms. The number of nitrogens with two attached hydrogens (primary N) is 1. The molecule has 1 unspecified atom stereocenters. The Morgan fingerprint density at radius 2 is 2.29 bits per heavy atom. The van der Waals surface area contributed by atoms with E-state index < -0.39 is 0 Å². The highest BCUT2D eigenvalue weighted by molar-refractivity contribution is 7.10. The van der Waals surface area contributed by atoms with Crippen LogP contribution >= 0.6 is 11.3 Å². The zero-order valence-electron chi connectivity index (χ0n) is 10.0. The van der Waals surface area contributed by atoms with Gasteiger partial charge < -0.3 is 10.5 Å². The summed E-state index contributed by atoms with van der Waals surface area (Å²) in [5.41, 5.74) is 8.57. The van der Waals surface area contributed by atoms with E-state index in [1.807, 2.05) is 6.07 Å². The molecule has 3 nitrogen and oxygen atoms in total. The maximum absolute atomic E-state index is 6.28. The van der Waals surface area contributed by atoms with Gasteiger partial charge in [0.1, 0.15) is 5.75 Å². The van der Waals surface area contributed by atoms with Crippen molar-refractivity contribution in [2.24, 2.45) is 5.73 Å². The number of nitrogens with zero attached hydrogens (tertiary/aromatic N) is 1. The standard InChI is InChI=1S/C13H16N2OS/c1-3-9-4-5-17-13(9)12(14)10-6-11(16-2)8-15-7-10/h4-8,12H,3,14H2,1-2H3. The molecule has 0 aliphatic heterocycles. The SMILES string of the molecule is CCc1ccsc1C(N)c1cncc(OC)c1. The van der Waals surface area contributed by atoms with Crippen molar-refractivity contribution in [1.29, 1.82) is 0 Å². The number of hydrogen-bond acceptors (Lipinski definition) is 4. The molecule has 2 aromatic rings. The second-order valence-electron chi connectivity index (χ2n) is 3.80. The Hall–Kier alpha value is -1.39. The summed E-state index contributed by atoms with van der Waals surface area (Å²) in [6.45, 7) is 2.14. The summed E-state index contributed by atoms with van der Waals surface area (Å²) in [5, 5.41) is 2.08. The van der Waals surface area contributed by atoms with Gasteiger partial charge in [0.15, 0.2) is 0 Å². The largest absolute Gasteiger partial charge is 0.495 e. The molecule has 2 rings (SSSR count). The second-order valence-corrected chi connectivity index (χ2v) is 4.75. The molecule has 2 N–H and O–H groups in total. The first-order valence-electron chi connectivity index (χ1n) is 5.57. The van der Waals surface area contributed by atoms with E-state index in [1.54, 1.807) is 30.8 Å². The molecule has 0 saturated carbocycles. The number of hydrogen-bond donors (Lipinski definition) is 1. The van der Waals surface area contributed by atoms with Crippen LogP contribution in [0, 0.1) is 0 Å². The summed E-state index contributed by atoms with van der Waals surface area (Å²) >= 11 is 1.70. The van der Waals surface area contributed by atoms with E-state index in [0.717, 1.165) is 17.7 Å². The fourth-order valence-corrected chi connectivity index (χ4v) is 2.81. The first-order chi connectivity index (χ1) is 8.26. The van der Waals surface area contributed by atoms with Crippen LogP contribution in [-0.4, -0.2) is 12.1 Å². The van der Waals surface area contributed by atoms with Crippen LogP contribution in [0.5, 0.6) is 5.75 Å². The normalized spacial score (nSPS) is 12.4. The van der Waals surface area contributed by atoms with E-state index in [1.165, 1.54) is 10.4 Å². The summed E-state index contributed by atoms with van der Waals surface area (Å²) in [6, 6.07) is 3.96. The summed E-state index contributed by atoms with van der Waals surface area (Å²) in [7, 11) is 1.63. The third-order valence-corrected chi connectivity index (χ3v) is 3.82. The Kier molecular flexibility index (Phi) is 3.76. The zero-order valence-corrected chi connectivity index (χ0v) is 10.8. The van der Waals surface area contributed by atoms with E-state index >= 15 is 0 Å². The summed E-state index contributed by atoms with van der Waals surface area (Å²) in [5.74, 6) is 0.743. The summed E-state index contributed by atoms with van der Waals surface area (Å²) in [4.78, 5) is 5.35. The first-order valence-corrected chi connectivity index (χ1v) is 6.45. The van der Waals surface area contributed by atoms with Crippen molar-refractivity contribution < 1.29 is 4.74 Å². The van der Waals surface area contributed by atoms with Crippen molar-refractivity contribution >= 4 is 11.3 Å². The molecule has 0 fully saturated rings. The van der Waals surface area contributed by atoms with Crippen LogP contribution in [0.25, 0.3) is 0 Å². The maximum Gasteiger partial charge on any atom is 0.137 e. The molecule has 0 aliphatic rings. The van der Waals surface area contributed by atoms with Crippen LogP contribution in [0.4, 0.5) is 0 Å². The lowest BCUT2D eigenvalue weighted by molar-refractivity contribution is 0.412. The third-order valence-electron chi connectivity index (χ3n) is 2.77. The first kappa shape index (κ1) is 12.1. The van der Waals surface area contributed by atoms with Crippen molar-refractivity contribution in [3.8, 4) is 5.75 Å². The minimum Gasteiger partial charge on any atom is -0.495 e. The average Bonchev–Trinajstić information content (AvgIpc) is 2.86. The van der Waals surface area contributed by atoms with Gasteiger partial charge in [0.05, 0.1) is 19.3 Å². The fourth-order valence-electron chi connectivity index (χ4n) is 1.78. The molecule has 0 spiro atoms. The molecule has 0 aliphatic carbocycles. The van der Waals surface area contributed by atoms with E-state index in [0.29, 0.717) is 0 Å². The molecule has 1 atom stereocenters. The molecule has 17 heavy (non-hydrogen) atoms. The molecule has 2 heterocycles. The lowest BCUT2D eigenvalue weighted by Crippen LogP contribution is -2.12. The molecule has 0 radical (unpaired) electrons. The van der Waals surface area contributed by atoms with Crippen molar-refractivity contribution in [3.05, 3.63) is 45.9 Å². The molecule has 0 amide bonds. The summed E-state index contributed by atoms with van der Waals surface area (Å²) < 4.78 is 5.16. The topological polar surface area (TPSA) is 48.1 Å².